The molecule has 1 aliphatic heterocycles. The molecule has 100 valence electrons. The Morgan fingerprint density at radius 1 is 1.17 bits per heavy atom. The summed E-state index contributed by atoms with van der Waals surface area (Å²) in [5.74, 6) is -0.143. The molecule has 0 bridgehead atoms. The number of anilines is 1. The molecular formula is C14H22FN3. The third-order valence-electron chi connectivity index (χ3n) is 3.51. The normalized spacial score (nSPS) is 17.2. The summed E-state index contributed by atoms with van der Waals surface area (Å²) in [7, 11) is 1.88. The van der Waals surface area contributed by atoms with Gasteiger partial charge in [0.1, 0.15) is 5.82 Å². The second kappa shape index (κ2) is 6.16. The fraction of sp³-hybridized carbons (Fsp3) is 0.571. The highest BCUT2D eigenvalue weighted by Gasteiger charge is 2.16. The number of rotatable bonds is 4. The van der Waals surface area contributed by atoms with Crippen molar-refractivity contribution in [2.45, 2.75) is 13.5 Å². The van der Waals surface area contributed by atoms with Gasteiger partial charge in [-0.1, -0.05) is 6.92 Å². The first-order valence-corrected chi connectivity index (χ1v) is 6.64. The smallest absolute Gasteiger partial charge is 0.125 e. The minimum absolute atomic E-state index is 0.143. The molecule has 1 fully saturated rings. The van der Waals surface area contributed by atoms with Crippen LogP contribution in [-0.2, 0) is 6.54 Å². The van der Waals surface area contributed by atoms with E-state index in [1.165, 1.54) is 0 Å². The summed E-state index contributed by atoms with van der Waals surface area (Å²) in [6.45, 7) is 8.08. The zero-order valence-corrected chi connectivity index (χ0v) is 11.2. The second-order valence-corrected chi connectivity index (χ2v) is 4.77. The SMILES string of the molecule is CCN1CCN(c2cc(F)cc(CNC)c2)CC1. The summed E-state index contributed by atoms with van der Waals surface area (Å²) in [6.07, 6.45) is 0. The van der Waals surface area contributed by atoms with Crippen molar-refractivity contribution in [3.8, 4) is 0 Å². The quantitative estimate of drug-likeness (QED) is 0.878. The highest BCUT2D eigenvalue weighted by Crippen LogP contribution is 2.20. The topological polar surface area (TPSA) is 18.5 Å². The summed E-state index contributed by atoms with van der Waals surface area (Å²) in [5, 5.41) is 3.06. The van der Waals surface area contributed by atoms with Gasteiger partial charge in [-0.3, -0.25) is 0 Å². The van der Waals surface area contributed by atoms with Crippen molar-refractivity contribution in [2.24, 2.45) is 0 Å². The van der Waals surface area contributed by atoms with Gasteiger partial charge < -0.3 is 15.1 Å². The Balaban J connectivity index is 2.08. The van der Waals surface area contributed by atoms with E-state index in [1.807, 2.05) is 7.05 Å². The number of hydrogen-bond acceptors (Lipinski definition) is 3. The zero-order chi connectivity index (χ0) is 13.0. The monoisotopic (exact) mass is 251 g/mol. The lowest BCUT2D eigenvalue weighted by molar-refractivity contribution is 0.271. The lowest BCUT2D eigenvalue weighted by Gasteiger charge is -2.35. The number of piperazine rings is 1. The van der Waals surface area contributed by atoms with Gasteiger partial charge in [-0.25, -0.2) is 4.39 Å². The van der Waals surface area contributed by atoms with Crippen LogP contribution in [0.5, 0.6) is 0 Å². The molecule has 0 saturated carbocycles. The summed E-state index contributed by atoms with van der Waals surface area (Å²) < 4.78 is 13.6. The maximum absolute atomic E-state index is 13.6. The largest absolute Gasteiger partial charge is 0.369 e. The fourth-order valence-corrected chi connectivity index (χ4v) is 2.44. The van der Waals surface area contributed by atoms with E-state index in [4.69, 9.17) is 0 Å². The number of hydrogen-bond donors (Lipinski definition) is 1. The second-order valence-electron chi connectivity index (χ2n) is 4.77. The van der Waals surface area contributed by atoms with Crippen molar-refractivity contribution in [1.82, 2.24) is 10.2 Å². The standard InChI is InChI=1S/C14H22FN3/c1-3-17-4-6-18(7-5-17)14-9-12(11-16-2)8-13(15)10-14/h8-10,16H,3-7,11H2,1-2H3. The minimum Gasteiger partial charge on any atom is -0.369 e. The average molecular weight is 251 g/mol. The first-order valence-electron chi connectivity index (χ1n) is 6.64. The summed E-state index contributed by atoms with van der Waals surface area (Å²) in [6, 6.07) is 5.32. The molecule has 1 aromatic carbocycles. The van der Waals surface area contributed by atoms with Crippen LogP contribution in [0, 0.1) is 5.82 Å². The molecule has 1 N–H and O–H groups in total. The Bertz CT molecular complexity index is 387. The lowest BCUT2D eigenvalue weighted by Crippen LogP contribution is -2.46. The van der Waals surface area contributed by atoms with Crippen LogP contribution in [0.1, 0.15) is 12.5 Å². The molecule has 3 nitrogen and oxygen atoms in total. The maximum Gasteiger partial charge on any atom is 0.125 e. The van der Waals surface area contributed by atoms with Crippen molar-refractivity contribution >= 4 is 5.69 Å². The average Bonchev–Trinajstić information content (AvgIpc) is 2.38. The first-order chi connectivity index (χ1) is 8.72. The molecule has 0 atom stereocenters. The molecule has 18 heavy (non-hydrogen) atoms. The number of likely N-dealkylation sites (N-methyl/N-ethyl adjacent to an activating group) is 1. The number of nitrogens with zero attached hydrogens (tertiary/aromatic N) is 2. The molecular weight excluding hydrogens is 229 g/mol. The minimum atomic E-state index is -0.143. The fourth-order valence-electron chi connectivity index (χ4n) is 2.44. The highest BCUT2D eigenvalue weighted by atomic mass is 19.1. The van der Waals surface area contributed by atoms with Crippen molar-refractivity contribution < 1.29 is 4.39 Å². The highest BCUT2D eigenvalue weighted by molar-refractivity contribution is 5.49. The van der Waals surface area contributed by atoms with E-state index in [9.17, 15) is 4.39 Å². The van der Waals surface area contributed by atoms with Crippen LogP contribution in [0.25, 0.3) is 0 Å². The number of nitrogens with one attached hydrogen (secondary N) is 1. The summed E-state index contributed by atoms with van der Waals surface area (Å²) in [4.78, 5) is 4.69. The van der Waals surface area contributed by atoms with E-state index in [0.717, 1.165) is 44.0 Å². The van der Waals surface area contributed by atoms with E-state index >= 15 is 0 Å². The molecule has 1 aromatic rings. The molecule has 2 rings (SSSR count). The summed E-state index contributed by atoms with van der Waals surface area (Å²) in [5.41, 5.74) is 2.02. The Morgan fingerprint density at radius 3 is 2.50 bits per heavy atom. The Hall–Kier alpha value is -1.13. The van der Waals surface area contributed by atoms with E-state index in [0.29, 0.717) is 6.54 Å². The number of benzene rings is 1. The molecule has 0 spiro atoms. The van der Waals surface area contributed by atoms with Crippen molar-refractivity contribution in [2.75, 3.05) is 44.7 Å². The third-order valence-corrected chi connectivity index (χ3v) is 3.51. The van der Waals surface area contributed by atoms with Crippen LogP contribution >= 0.6 is 0 Å². The zero-order valence-electron chi connectivity index (χ0n) is 11.2. The molecule has 1 aliphatic rings. The molecule has 1 heterocycles. The molecule has 0 radical (unpaired) electrons. The van der Waals surface area contributed by atoms with Gasteiger partial charge in [0.2, 0.25) is 0 Å². The van der Waals surface area contributed by atoms with Gasteiger partial charge >= 0.3 is 0 Å². The summed E-state index contributed by atoms with van der Waals surface area (Å²) >= 11 is 0. The first kappa shape index (κ1) is 13.3. The molecule has 4 heteroatoms. The van der Waals surface area contributed by atoms with Gasteiger partial charge in [-0.15, -0.1) is 0 Å². The number of halogens is 1. The molecule has 0 aromatic heterocycles. The van der Waals surface area contributed by atoms with Crippen molar-refractivity contribution in [3.63, 3.8) is 0 Å². The van der Waals surface area contributed by atoms with Crippen LogP contribution in [0.3, 0.4) is 0 Å². The van der Waals surface area contributed by atoms with Gasteiger partial charge in [-0.05, 0) is 37.4 Å². The predicted molar refractivity (Wildman–Crippen MR) is 73.5 cm³/mol. The van der Waals surface area contributed by atoms with Gasteiger partial charge in [-0.2, -0.15) is 0 Å². The van der Waals surface area contributed by atoms with Gasteiger partial charge in [0.05, 0.1) is 0 Å². The van der Waals surface area contributed by atoms with Crippen LogP contribution in [0.2, 0.25) is 0 Å². The van der Waals surface area contributed by atoms with Gasteiger partial charge in [0.15, 0.2) is 0 Å². The van der Waals surface area contributed by atoms with Crippen LogP contribution in [-0.4, -0.2) is 44.7 Å². The molecule has 0 amide bonds. The van der Waals surface area contributed by atoms with E-state index < -0.39 is 0 Å². The Morgan fingerprint density at radius 2 is 1.89 bits per heavy atom. The van der Waals surface area contributed by atoms with Crippen LogP contribution in [0.4, 0.5) is 10.1 Å². The van der Waals surface area contributed by atoms with Crippen molar-refractivity contribution in [1.29, 1.82) is 0 Å². The van der Waals surface area contributed by atoms with Gasteiger partial charge in [0.25, 0.3) is 0 Å². The predicted octanol–water partition coefficient (Wildman–Crippen LogP) is 1.69. The van der Waals surface area contributed by atoms with Crippen LogP contribution in [0.15, 0.2) is 18.2 Å². The Kier molecular flexibility index (Phi) is 4.55. The lowest BCUT2D eigenvalue weighted by atomic mass is 10.1. The third kappa shape index (κ3) is 3.21. The molecule has 0 unspecified atom stereocenters. The maximum atomic E-state index is 13.6. The van der Waals surface area contributed by atoms with E-state index in [1.54, 1.807) is 12.1 Å². The van der Waals surface area contributed by atoms with Crippen LogP contribution < -0.4 is 10.2 Å². The van der Waals surface area contributed by atoms with E-state index in [-0.39, 0.29) is 5.82 Å². The van der Waals surface area contributed by atoms with Crippen molar-refractivity contribution in [3.05, 3.63) is 29.6 Å². The van der Waals surface area contributed by atoms with E-state index in [2.05, 4.69) is 28.1 Å². The molecule has 1 saturated heterocycles. The molecule has 0 aliphatic carbocycles. The Labute approximate surface area is 109 Å². The van der Waals surface area contributed by atoms with Gasteiger partial charge in [0, 0.05) is 38.4 Å².